The molecule has 2 aromatic heterocycles. The van der Waals surface area contributed by atoms with Gasteiger partial charge >= 0.3 is 0 Å². The summed E-state index contributed by atoms with van der Waals surface area (Å²) in [6.45, 7) is -0.137. The van der Waals surface area contributed by atoms with Crippen molar-refractivity contribution in [2.45, 2.75) is 24.5 Å². The van der Waals surface area contributed by atoms with E-state index in [1.165, 1.54) is 17.2 Å². The van der Waals surface area contributed by atoms with Crippen LogP contribution in [0, 0.1) is 0 Å². The van der Waals surface area contributed by atoms with Gasteiger partial charge in [-0.3, -0.25) is 4.57 Å². The van der Waals surface area contributed by atoms with Crippen LogP contribution in [0.15, 0.2) is 12.7 Å². The minimum Gasteiger partial charge on any atom is -0.387 e. The number of hydrogen-bond acceptors (Lipinski definition) is 10. The number of rotatable bonds is 6. The topological polar surface area (TPSA) is 149 Å². The van der Waals surface area contributed by atoms with Gasteiger partial charge < -0.3 is 30.1 Å². The average molecular weight is 490 g/mol. The third-order valence-corrected chi connectivity index (χ3v) is 12.3. The van der Waals surface area contributed by atoms with Crippen LogP contribution in [0.3, 0.4) is 0 Å². The minimum atomic E-state index is -2.88. The number of aliphatic hydroxyl groups excluding tert-OH is 2. The highest BCUT2D eigenvalue weighted by molar-refractivity contribution is 8.69. The molecule has 5 N–H and O–H groups in total. The summed E-state index contributed by atoms with van der Waals surface area (Å²) in [6, 6.07) is 0. The number of aromatic nitrogens is 4. The smallest absolute Gasteiger partial charge is 0.167 e. The Kier molecular flexibility index (Phi) is 6.57. The number of anilines is 1. The van der Waals surface area contributed by atoms with Crippen LogP contribution in [-0.2, 0) is 32.9 Å². The molecule has 0 amide bonds. The number of thiol groups is 2. The molecule has 3 unspecified atom stereocenters. The van der Waals surface area contributed by atoms with E-state index in [4.69, 9.17) is 38.6 Å². The number of nitrogen functional groups attached to an aromatic ring is 1. The van der Waals surface area contributed by atoms with Crippen LogP contribution in [0.5, 0.6) is 0 Å². The molecule has 0 spiro atoms. The predicted molar refractivity (Wildman–Crippen MR) is 115 cm³/mol. The standard InChI is InChI=1S/C11H17N5O5P2S4/c12-9-6-10(14-2-13-9)16(3-15-6)11-8(18)7(17)5(21-11)1-20-23(26,27)4-22(19,24)25/h2-3,5,7-8,11,17-18H,1,4H2,(H,26,27)(H2,12,13,14)(H2,19,24,25)/t5-,7?,8+,11-/m1/s1. The van der Waals surface area contributed by atoms with Gasteiger partial charge in [-0.25, -0.2) is 15.0 Å². The summed E-state index contributed by atoms with van der Waals surface area (Å²) in [6.07, 6.45) is -1.69. The molecule has 16 heteroatoms. The lowest BCUT2D eigenvalue weighted by Gasteiger charge is -2.22. The number of aliphatic hydroxyl groups is 2. The number of fused-ring (bicyclic) bond motifs is 1. The number of nitrogens with zero attached hydrogens (tertiary/aromatic N) is 4. The molecule has 1 saturated heterocycles. The molecule has 0 aromatic carbocycles. The fraction of sp³-hybridized carbons (Fsp3) is 0.545. The molecule has 2 aromatic rings. The van der Waals surface area contributed by atoms with Crippen molar-refractivity contribution >= 4 is 76.0 Å². The van der Waals surface area contributed by atoms with Crippen molar-refractivity contribution in [3.8, 4) is 0 Å². The van der Waals surface area contributed by atoms with E-state index in [0.29, 0.717) is 11.2 Å². The highest BCUT2D eigenvalue weighted by atomic mass is 32.9. The lowest BCUT2D eigenvalue weighted by Crippen LogP contribution is -2.33. The first kappa shape index (κ1) is 21.8. The molecular formula is C11H17N5O5P2S4. The molecule has 10 nitrogen and oxygen atoms in total. The van der Waals surface area contributed by atoms with Crippen LogP contribution in [0.1, 0.15) is 6.23 Å². The van der Waals surface area contributed by atoms with Gasteiger partial charge in [-0.2, -0.15) is 0 Å². The molecule has 0 bridgehead atoms. The van der Waals surface area contributed by atoms with Crippen LogP contribution in [0.4, 0.5) is 5.82 Å². The Balaban J connectivity index is 1.75. The van der Waals surface area contributed by atoms with Gasteiger partial charge in [0.2, 0.25) is 0 Å². The maximum atomic E-state index is 10.4. The zero-order chi connectivity index (χ0) is 20.0. The van der Waals surface area contributed by atoms with Crippen molar-refractivity contribution in [1.82, 2.24) is 19.5 Å². The number of ether oxygens (including phenoxy) is 1. The van der Waals surface area contributed by atoms with Crippen molar-refractivity contribution < 1.29 is 24.4 Å². The second-order valence-electron chi connectivity index (χ2n) is 5.87. The van der Waals surface area contributed by atoms with Crippen molar-refractivity contribution in [1.29, 1.82) is 0 Å². The first-order valence-corrected chi connectivity index (χ1v) is 15.6. The molecule has 150 valence electrons. The van der Waals surface area contributed by atoms with E-state index in [9.17, 15) is 15.1 Å². The normalized spacial score (nSPS) is 30.3. The molecule has 6 atom stereocenters. The quantitative estimate of drug-likeness (QED) is 0.248. The summed E-state index contributed by atoms with van der Waals surface area (Å²) in [7, 11) is 0. The van der Waals surface area contributed by atoms with Crippen LogP contribution in [-0.4, -0.2) is 65.4 Å². The van der Waals surface area contributed by atoms with Crippen molar-refractivity contribution in [2.75, 3.05) is 18.2 Å². The molecule has 1 fully saturated rings. The van der Waals surface area contributed by atoms with Gasteiger partial charge in [0, 0.05) is 0 Å². The Hall–Kier alpha value is 0.150. The molecule has 0 radical (unpaired) electrons. The molecule has 3 rings (SSSR count). The number of hydrogen-bond donors (Lipinski definition) is 6. The lowest BCUT2D eigenvalue weighted by molar-refractivity contribution is -0.0460. The number of nitrogens with two attached hydrogens (primary N) is 1. The second kappa shape index (κ2) is 8.11. The SMILES string of the molecule is Nc1ncnc2c1ncn2[C@@H]1O[C@H](COP(=S)(S)CP(O)(=S)S)C(O)[C@@H]1O. The Morgan fingerprint density at radius 2 is 1.96 bits per heavy atom. The summed E-state index contributed by atoms with van der Waals surface area (Å²) >= 11 is 18.3. The van der Waals surface area contributed by atoms with Gasteiger partial charge in [-0.15, -0.1) is 24.5 Å². The fourth-order valence-corrected chi connectivity index (χ4v) is 14.9. The molecule has 3 heterocycles. The summed E-state index contributed by atoms with van der Waals surface area (Å²) in [5.41, 5.74) is 0.869. The average Bonchev–Trinajstić information content (AvgIpc) is 3.07. The van der Waals surface area contributed by atoms with Crippen LogP contribution in [0.2, 0.25) is 0 Å². The summed E-state index contributed by atoms with van der Waals surface area (Å²) < 4.78 is 12.8. The Labute approximate surface area is 175 Å². The molecule has 0 aliphatic carbocycles. The van der Waals surface area contributed by atoms with Crippen molar-refractivity contribution in [2.24, 2.45) is 0 Å². The van der Waals surface area contributed by atoms with Crippen LogP contribution >= 0.6 is 35.4 Å². The zero-order valence-electron chi connectivity index (χ0n) is 13.5. The van der Waals surface area contributed by atoms with Gasteiger partial charge in [0.1, 0.15) is 41.1 Å². The highest BCUT2D eigenvalue weighted by Gasteiger charge is 2.45. The lowest BCUT2D eigenvalue weighted by atomic mass is 10.1. The van der Waals surface area contributed by atoms with Crippen molar-refractivity contribution in [3.05, 3.63) is 12.7 Å². The van der Waals surface area contributed by atoms with Crippen LogP contribution in [0.25, 0.3) is 11.2 Å². The van der Waals surface area contributed by atoms with E-state index in [1.54, 1.807) is 0 Å². The van der Waals surface area contributed by atoms with Gasteiger partial charge in [0.05, 0.1) is 18.8 Å². The Bertz CT molecular complexity index is 941. The zero-order valence-corrected chi connectivity index (χ0v) is 18.7. The van der Waals surface area contributed by atoms with E-state index >= 15 is 0 Å². The second-order valence-corrected chi connectivity index (χ2v) is 19.0. The fourth-order valence-electron chi connectivity index (χ4n) is 2.62. The van der Waals surface area contributed by atoms with Gasteiger partial charge in [-0.05, 0) is 0 Å². The molecule has 0 saturated carbocycles. The summed E-state index contributed by atoms with van der Waals surface area (Å²) in [5.74, 6) is 0.169. The van der Waals surface area contributed by atoms with E-state index in [1.807, 2.05) is 0 Å². The van der Waals surface area contributed by atoms with Crippen LogP contribution < -0.4 is 5.73 Å². The van der Waals surface area contributed by atoms with E-state index in [-0.39, 0.29) is 18.3 Å². The van der Waals surface area contributed by atoms with Gasteiger partial charge in [-0.1, -0.05) is 23.6 Å². The van der Waals surface area contributed by atoms with E-state index < -0.39 is 35.5 Å². The Morgan fingerprint density at radius 1 is 1.26 bits per heavy atom. The maximum absolute atomic E-state index is 10.4. The molecule has 27 heavy (non-hydrogen) atoms. The van der Waals surface area contributed by atoms with Gasteiger partial charge in [0.15, 0.2) is 17.7 Å². The largest absolute Gasteiger partial charge is 0.387 e. The third kappa shape index (κ3) is 5.01. The highest BCUT2D eigenvalue weighted by Crippen LogP contribution is 2.65. The molecular weight excluding hydrogens is 472 g/mol. The number of imidazole rings is 1. The monoisotopic (exact) mass is 489 g/mol. The van der Waals surface area contributed by atoms with E-state index in [2.05, 4.69) is 39.4 Å². The molecule has 1 aliphatic rings. The Morgan fingerprint density at radius 3 is 2.63 bits per heavy atom. The van der Waals surface area contributed by atoms with Crippen molar-refractivity contribution in [3.63, 3.8) is 0 Å². The first-order valence-electron chi connectivity index (χ1n) is 7.44. The van der Waals surface area contributed by atoms with E-state index in [0.717, 1.165) is 0 Å². The van der Waals surface area contributed by atoms with Gasteiger partial charge in [0.25, 0.3) is 0 Å². The summed E-state index contributed by atoms with van der Waals surface area (Å²) in [4.78, 5) is 21.8. The molecule has 1 aliphatic heterocycles. The predicted octanol–water partition coefficient (Wildman–Crippen LogP) is 0.473. The first-order chi connectivity index (χ1) is 12.5. The maximum Gasteiger partial charge on any atom is 0.167 e. The minimum absolute atomic E-state index is 0.0198. The third-order valence-electron chi connectivity index (χ3n) is 3.80. The summed E-state index contributed by atoms with van der Waals surface area (Å²) in [5, 5.41) is 20.7.